The summed E-state index contributed by atoms with van der Waals surface area (Å²) in [5.41, 5.74) is 5.40. The number of esters is 1. The van der Waals surface area contributed by atoms with Crippen molar-refractivity contribution < 1.29 is 9.53 Å². The van der Waals surface area contributed by atoms with Crippen LogP contribution in [0.4, 0.5) is 5.69 Å². The van der Waals surface area contributed by atoms with Crippen molar-refractivity contribution in [1.29, 1.82) is 0 Å². The van der Waals surface area contributed by atoms with Crippen molar-refractivity contribution in [1.82, 2.24) is 19.7 Å². The monoisotopic (exact) mass is 235 g/mol. The molecule has 3 N–H and O–H groups in total. The van der Waals surface area contributed by atoms with Gasteiger partial charge >= 0.3 is 5.97 Å². The molecule has 0 spiro atoms. The van der Waals surface area contributed by atoms with E-state index in [0.717, 1.165) is 0 Å². The largest absolute Gasteiger partial charge is 0.464 e. The van der Waals surface area contributed by atoms with Crippen LogP contribution in [0.3, 0.4) is 0 Å². The SMILES string of the molecule is COC(=O)c1nn(-c2cc(=O)[nH]cn2)cc1N. The van der Waals surface area contributed by atoms with Crippen molar-refractivity contribution in [2.24, 2.45) is 0 Å². The Kier molecular flexibility index (Phi) is 2.61. The third-order valence-corrected chi connectivity index (χ3v) is 2.02. The van der Waals surface area contributed by atoms with Crippen LogP contribution in [0.5, 0.6) is 0 Å². The average Bonchev–Trinajstić information content (AvgIpc) is 2.70. The lowest BCUT2D eigenvalue weighted by Gasteiger charge is -1.97. The molecule has 88 valence electrons. The summed E-state index contributed by atoms with van der Waals surface area (Å²) in [5.74, 6) is -0.387. The molecule has 8 nitrogen and oxygen atoms in total. The van der Waals surface area contributed by atoms with Crippen molar-refractivity contribution in [3.63, 3.8) is 0 Å². The van der Waals surface area contributed by atoms with Crippen molar-refractivity contribution in [3.8, 4) is 5.82 Å². The fourth-order valence-corrected chi connectivity index (χ4v) is 1.24. The number of nitrogens with zero attached hydrogens (tertiary/aromatic N) is 3. The van der Waals surface area contributed by atoms with E-state index in [1.807, 2.05) is 0 Å². The molecule has 0 radical (unpaired) electrons. The van der Waals surface area contributed by atoms with E-state index in [-0.39, 0.29) is 22.8 Å². The Hall–Kier alpha value is -2.64. The lowest BCUT2D eigenvalue weighted by atomic mass is 10.4. The summed E-state index contributed by atoms with van der Waals surface area (Å²) in [6.45, 7) is 0. The fourth-order valence-electron chi connectivity index (χ4n) is 1.24. The van der Waals surface area contributed by atoms with Gasteiger partial charge in [0.05, 0.1) is 25.3 Å². The zero-order valence-corrected chi connectivity index (χ0v) is 8.88. The topological polar surface area (TPSA) is 116 Å². The Morgan fingerprint density at radius 2 is 2.35 bits per heavy atom. The fraction of sp³-hybridized carbons (Fsp3) is 0.111. The van der Waals surface area contributed by atoms with E-state index >= 15 is 0 Å². The number of carbonyl (C=O) groups is 1. The zero-order chi connectivity index (χ0) is 12.4. The molecule has 0 aliphatic carbocycles. The number of anilines is 1. The highest BCUT2D eigenvalue weighted by molar-refractivity contribution is 5.92. The van der Waals surface area contributed by atoms with E-state index in [1.165, 1.54) is 30.4 Å². The van der Waals surface area contributed by atoms with Crippen LogP contribution in [-0.4, -0.2) is 32.8 Å². The van der Waals surface area contributed by atoms with Gasteiger partial charge in [-0.3, -0.25) is 4.79 Å². The van der Waals surface area contributed by atoms with Gasteiger partial charge in [-0.25, -0.2) is 14.5 Å². The standard InChI is InChI=1S/C9H9N5O3/c1-17-9(16)8-5(10)3-14(13-8)6-2-7(15)12-4-11-6/h2-4H,10H2,1H3,(H,11,12,15). The highest BCUT2D eigenvalue weighted by Crippen LogP contribution is 2.12. The summed E-state index contributed by atoms with van der Waals surface area (Å²) in [4.78, 5) is 28.6. The second-order valence-electron chi connectivity index (χ2n) is 3.14. The number of H-pyrrole nitrogens is 1. The Labute approximate surface area is 95.0 Å². The predicted molar refractivity (Wildman–Crippen MR) is 57.7 cm³/mol. The van der Waals surface area contributed by atoms with E-state index in [1.54, 1.807) is 0 Å². The maximum Gasteiger partial charge on any atom is 0.360 e. The number of nitrogen functional groups attached to an aromatic ring is 1. The number of aromatic amines is 1. The highest BCUT2D eigenvalue weighted by atomic mass is 16.5. The van der Waals surface area contributed by atoms with E-state index in [2.05, 4.69) is 19.8 Å². The van der Waals surface area contributed by atoms with Crippen LogP contribution in [0, 0.1) is 0 Å². The molecular weight excluding hydrogens is 226 g/mol. The van der Waals surface area contributed by atoms with Gasteiger partial charge in [0.1, 0.15) is 0 Å². The quantitative estimate of drug-likeness (QED) is 0.666. The maximum atomic E-state index is 11.3. The minimum atomic E-state index is -0.647. The number of nitrogens with two attached hydrogens (primary N) is 1. The number of carbonyl (C=O) groups excluding carboxylic acids is 1. The van der Waals surface area contributed by atoms with Gasteiger partial charge in [0.15, 0.2) is 11.5 Å². The van der Waals surface area contributed by atoms with Crippen LogP contribution in [0.15, 0.2) is 23.4 Å². The van der Waals surface area contributed by atoms with Gasteiger partial charge in [0.2, 0.25) is 0 Å². The van der Waals surface area contributed by atoms with Gasteiger partial charge in [0.25, 0.3) is 5.56 Å². The summed E-state index contributed by atoms with van der Waals surface area (Å²) in [6, 6.07) is 1.23. The van der Waals surface area contributed by atoms with Gasteiger partial charge < -0.3 is 15.5 Å². The first-order valence-electron chi connectivity index (χ1n) is 4.60. The lowest BCUT2D eigenvalue weighted by molar-refractivity contribution is 0.0594. The maximum absolute atomic E-state index is 11.3. The molecule has 2 aromatic rings. The smallest absolute Gasteiger partial charge is 0.360 e. The second kappa shape index (κ2) is 4.08. The van der Waals surface area contributed by atoms with Crippen LogP contribution < -0.4 is 11.3 Å². The predicted octanol–water partition coefficient (Wildman–Crippen LogP) is -0.676. The molecule has 17 heavy (non-hydrogen) atoms. The molecule has 0 aromatic carbocycles. The summed E-state index contributed by atoms with van der Waals surface area (Å²) in [7, 11) is 1.23. The zero-order valence-electron chi connectivity index (χ0n) is 8.88. The molecule has 0 bridgehead atoms. The van der Waals surface area contributed by atoms with Gasteiger partial charge in [-0.15, -0.1) is 0 Å². The first-order valence-corrected chi connectivity index (χ1v) is 4.60. The van der Waals surface area contributed by atoms with Gasteiger partial charge in [0, 0.05) is 6.07 Å². The molecule has 8 heteroatoms. The minimum absolute atomic E-state index is 0.0189. The summed E-state index contributed by atoms with van der Waals surface area (Å²) in [6.07, 6.45) is 2.61. The van der Waals surface area contributed by atoms with Crippen LogP contribution >= 0.6 is 0 Å². The van der Waals surface area contributed by atoms with Crippen LogP contribution in [0.2, 0.25) is 0 Å². The molecule has 0 aliphatic rings. The Morgan fingerprint density at radius 3 is 3.00 bits per heavy atom. The number of methoxy groups -OCH3 is 1. The third-order valence-electron chi connectivity index (χ3n) is 2.02. The molecule has 2 heterocycles. The van der Waals surface area contributed by atoms with Crippen molar-refractivity contribution in [2.75, 3.05) is 12.8 Å². The van der Waals surface area contributed by atoms with Gasteiger partial charge in [-0.2, -0.15) is 5.10 Å². The summed E-state index contributed by atoms with van der Waals surface area (Å²) >= 11 is 0. The first kappa shape index (κ1) is 10.9. The van der Waals surface area contributed by atoms with Crippen molar-refractivity contribution >= 4 is 11.7 Å². The van der Waals surface area contributed by atoms with Crippen molar-refractivity contribution in [2.45, 2.75) is 0 Å². The molecule has 0 saturated carbocycles. The Bertz CT molecular complexity index is 615. The molecule has 2 rings (SSSR count). The van der Waals surface area contributed by atoms with Crippen LogP contribution in [0.1, 0.15) is 10.5 Å². The van der Waals surface area contributed by atoms with Crippen LogP contribution in [-0.2, 0) is 4.74 Å². The van der Waals surface area contributed by atoms with E-state index in [4.69, 9.17) is 5.73 Å². The van der Waals surface area contributed by atoms with E-state index in [9.17, 15) is 9.59 Å². The second-order valence-corrected chi connectivity index (χ2v) is 3.14. The van der Waals surface area contributed by atoms with Gasteiger partial charge in [-0.1, -0.05) is 0 Å². The molecule has 0 atom stereocenters. The van der Waals surface area contributed by atoms with E-state index in [0.29, 0.717) is 0 Å². The van der Waals surface area contributed by atoms with Gasteiger partial charge in [-0.05, 0) is 0 Å². The number of hydrogen-bond acceptors (Lipinski definition) is 6. The number of aromatic nitrogens is 4. The normalized spacial score (nSPS) is 10.2. The first-order chi connectivity index (χ1) is 8.11. The molecule has 0 saturated heterocycles. The lowest BCUT2D eigenvalue weighted by Crippen LogP contribution is -2.10. The minimum Gasteiger partial charge on any atom is -0.464 e. The summed E-state index contributed by atoms with van der Waals surface area (Å²) in [5, 5.41) is 3.89. The van der Waals surface area contributed by atoms with E-state index < -0.39 is 5.97 Å². The Balaban J connectivity index is 2.48. The molecule has 2 aromatic heterocycles. The highest BCUT2D eigenvalue weighted by Gasteiger charge is 2.16. The molecular formula is C9H9N5O3. The number of rotatable bonds is 2. The third kappa shape index (κ3) is 2.00. The molecule has 0 fully saturated rings. The Morgan fingerprint density at radius 1 is 1.59 bits per heavy atom. The number of hydrogen-bond donors (Lipinski definition) is 2. The molecule has 0 aliphatic heterocycles. The molecule has 0 amide bonds. The summed E-state index contributed by atoms with van der Waals surface area (Å²) < 4.78 is 5.74. The average molecular weight is 235 g/mol. The van der Waals surface area contributed by atoms with Crippen LogP contribution in [0.25, 0.3) is 5.82 Å². The van der Waals surface area contributed by atoms with Crippen molar-refractivity contribution in [3.05, 3.63) is 34.6 Å². The number of ether oxygens (including phenoxy) is 1. The number of nitrogens with one attached hydrogen (secondary N) is 1. The molecule has 0 unspecified atom stereocenters.